The highest BCUT2D eigenvalue weighted by molar-refractivity contribution is 6.14. The van der Waals surface area contributed by atoms with Gasteiger partial charge in [0.1, 0.15) is 18.2 Å². The number of aromatic nitrogens is 1. The Bertz CT molecular complexity index is 2230. The van der Waals surface area contributed by atoms with Crippen LogP contribution in [-0.4, -0.2) is 0 Å². The summed E-state index contributed by atoms with van der Waals surface area (Å²) in [5.74, 6) is 0. The molecule has 0 amide bonds. The highest BCUT2D eigenvalue weighted by atomic mass is 16.3. The van der Waals surface area contributed by atoms with E-state index >= 15 is 0 Å². The third-order valence-electron chi connectivity index (χ3n) is 7.90. The summed E-state index contributed by atoms with van der Waals surface area (Å²) in [7, 11) is 1.70. The van der Waals surface area contributed by atoms with E-state index in [2.05, 4.69) is 57.2 Å². The molecule has 0 spiro atoms. The standard InChI is InChI=1S/C38H35N2O/c1-23-11-17-31-32-18-14-29(21-39)35(37(32)41-36(31)34(23)33-19-24(2)25(3)22-40(33)7)28-10-8-9-27(20-28)26-12-15-30(16-13-26)38(4,5)6/h8-20,22H,1-7H3/q+1/i2D3,3D3. The van der Waals surface area contributed by atoms with Crippen LogP contribution in [-0.2, 0) is 12.5 Å². The van der Waals surface area contributed by atoms with Crippen molar-refractivity contribution in [2.24, 2.45) is 7.05 Å². The maximum absolute atomic E-state index is 10.2. The minimum absolute atomic E-state index is 0.0408. The smallest absolute Gasteiger partial charge is 0.216 e. The van der Waals surface area contributed by atoms with E-state index in [1.54, 1.807) is 17.7 Å². The Morgan fingerprint density at radius 3 is 2.12 bits per heavy atom. The van der Waals surface area contributed by atoms with Gasteiger partial charge in [0, 0.05) is 36.2 Å². The molecule has 4 aromatic carbocycles. The van der Waals surface area contributed by atoms with Crippen molar-refractivity contribution in [2.45, 2.75) is 46.8 Å². The molecular weight excluding hydrogens is 500 g/mol. The number of furan rings is 1. The molecule has 0 saturated carbocycles. The zero-order valence-electron chi connectivity index (χ0n) is 29.9. The van der Waals surface area contributed by atoms with Crippen LogP contribution < -0.4 is 4.57 Å². The van der Waals surface area contributed by atoms with Crippen LogP contribution in [0.25, 0.3) is 55.4 Å². The van der Waals surface area contributed by atoms with Crippen molar-refractivity contribution in [3.63, 3.8) is 0 Å². The van der Waals surface area contributed by atoms with E-state index in [-0.39, 0.29) is 16.5 Å². The van der Waals surface area contributed by atoms with Gasteiger partial charge in [0.15, 0.2) is 6.20 Å². The highest BCUT2D eigenvalue weighted by Crippen LogP contribution is 2.42. The molecular formula is C38H35N2O+. The van der Waals surface area contributed by atoms with Crippen LogP contribution in [0.15, 0.2) is 89.5 Å². The zero-order chi connectivity index (χ0) is 34.1. The number of nitriles is 1. The van der Waals surface area contributed by atoms with Crippen LogP contribution in [0.1, 0.15) is 56.8 Å². The Balaban J connectivity index is 1.59. The van der Waals surface area contributed by atoms with Crippen molar-refractivity contribution < 1.29 is 17.2 Å². The molecule has 0 aliphatic rings. The van der Waals surface area contributed by atoms with E-state index in [1.807, 2.05) is 43.3 Å². The molecule has 3 heteroatoms. The third kappa shape index (κ3) is 4.50. The fourth-order valence-corrected chi connectivity index (χ4v) is 5.61. The van der Waals surface area contributed by atoms with Crippen molar-refractivity contribution >= 4 is 21.9 Å². The molecule has 0 aliphatic heterocycles. The molecule has 0 aliphatic carbocycles. The largest absolute Gasteiger partial charge is 0.454 e. The SMILES string of the molecule is [2H]C([2H])([2H])c1cc(-c2c(C)ccc3c2oc2c(-c4cccc(-c5ccc(C(C)(C)C)cc5)c4)c(C#N)ccc23)[n+](C)cc1C([2H])([2H])[2H]. The van der Waals surface area contributed by atoms with Gasteiger partial charge in [-0.15, -0.1) is 0 Å². The van der Waals surface area contributed by atoms with Crippen LogP contribution >= 0.6 is 0 Å². The molecule has 0 saturated heterocycles. The molecule has 202 valence electrons. The quantitative estimate of drug-likeness (QED) is 0.209. The molecule has 2 heterocycles. The Labute approximate surface area is 250 Å². The van der Waals surface area contributed by atoms with E-state index in [0.29, 0.717) is 33.6 Å². The van der Waals surface area contributed by atoms with Crippen molar-refractivity contribution in [2.75, 3.05) is 0 Å². The van der Waals surface area contributed by atoms with Crippen LogP contribution in [0.2, 0.25) is 0 Å². The van der Waals surface area contributed by atoms with Crippen molar-refractivity contribution in [3.05, 3.63) is 113 Å². The minimum atomic E-state index is -2.64. The third-order valence-corrected chi connectivity index (χ3v) is 7.90. The Morgan fingerprint density at radius 1 is 0.756 bits per heavy atom. The van der Waals surface area contributed by atoms with Crippen LogP contribution in [0, 0.1) is 32.0 Å². The van der Waals surface area contributed by atoms with E-state index in [0.717, 1.165) is 33.0 Å². The Kier molecular flexibility index (Phi) is 4.81. The fraction of sp³-hybridized carbons (Fsp3) is 0.211. The number of rotatable bonds is 3. The van der Waals surface area contributed by atoms with Crippen LogP contribution in [0.4, 0.5) is 0 Å². The second kappa shape index (κ2) is 9.75. The van der Waals surface area contributed by atoms with E-state index in [1.165, 1.54) is 17.8 Å². The van der Waals surface area contributed by atoms with Gasteiger partial charge < -0.3 is 4.42 Å². The van der Waals surface area contributed by atoms with Gasteiger partial charge in [-0.2, -0.15) is 5.26 Å². The number of fused-ring (bicyclic) bond motifs is 3. The van der Waals surface area contributed by atoms with Gasteiger partial charge in [-0.1, -0.05) is 75.4 Å². The van der Waals surface area contributed by atoms with Gasteiger partial charge in [0.05, 0.1) is 17.2 Å². The molecule has 3 nitrogen and oxygen atoms in total. The van der Waals surface area contributed by atoms with Crippen LogP contribution in [0.3, 0.4) is 0 Å². The Hall–Kier alpha value is -4.68. The molecule has 0 fully saturated rings. The summed E-state index contributed by atoms with van der Waals surface area (Å²) in [5, 5.41) is 11.8. The number of aryl methyl sites for hydroxylation is 4. The minimum Gasteiger partial charge on any atom is -0.454 e. The molecule has 0 unspecified atom stereocenters. The predicted octanol–water partition coefficient (Wildman–Crippen LogP) is 9.51. The number of pyridine rings is 1. The zero-order valence-corrected chi connectivity index (χ0v) is 23.9. The van der Waals surface area contributed by atoms with Gasteiger partial charge in [0.25, 0.3) is 0 Å². The normalized spacial score (nSPS) is 14.5. The molecule has 0 N–H and O–H groups in total. The maximum atomic E-state index is 10.2. The van der Waals surface area contributed by atoms with Gasteiger partial charge in [-0.25, -0.2) is 4.57 Å². The van der Waals surface area contributed by atoms with Gasteiger partial charge >= 0.3 is 0 Å². The first-order chi connectivity index (χ1) is 22.0. The van der Waals surface area contributed by atoms with Gasteiger partial charge in [-0.05, 0) is 77.6 Å². The molecule has 6 rings (SSSR count). The van der Waals surface area contributed by atoms with E-state index in [9.17, 15) is 5.26 Å². The van der Waals surface area contributed by atoms with Crippen LogP contribution in [0.5, 0.6) is 0 Å². The summed E-state index contributed by atoms with van der Waals surface area (Å²) in [4.78, 5) is 0. The number of nitrogens with zero attached hydrogens (tertiary/aromatic N) is 2. The molecule has 0 radical (unpaired) electrons. The van der Waals surface area contributed by atoms with E-state index < -0.39 is 13.7 Å². The van der Waals surface area contributed by atoms with Crippen molar-refractivity contribution in [3.8, 4) is 39.6 Å². The molecule has 0 bridgehead atoms. The first-order valence-corrected chi connectivity index (χ1v) is 13.6. The fourth-order valence-electron chi connectivity index (χ4n) is 5.61. The lowest BCUT2D eigenvalue weighted by Crippen LogP contribution is -2.31. The predicted molar refractivity (Wildman–Crippen MR) is 169 cm³/mol. The highest BCUT2D eigenvalue weighted by Gasteiger charge is 2.24. The topological polar surface area (TPSA) is 40.8 Å². The second-order valence-corrected chi connectivity index (χ2v) is 11.7. The van der Waals surface area contributed by atoms with Gasteiger partial charge in [-0.3, -0.25) is 0 Å². The lowest BCUT2D eigenvalue weighted by molar-refractivity contribution is -0.660. The summed E-state index contributed by atoms with van der Waals surface area (Å²) in [6, 6.07) is 28.0. The number of hydrogen-bond donors (Lipinski definition) is 0. The van der Waals surface area contributed by atoms with Gasteiger partial charge in [0.2, 0.25) is 5.69 Å². The number of benzene rings is 4. The monoisotopic (exact) mass is 541 g/mol. The first-order valence-electron chi connectivity index (χ1n) is 16.6. The van der Waals surface area contributed by atoms with Crippen molar-refractivity contribution in [1.29, 1.82) is 5.26 Å². The summed E-state index contributed by atoms with van der Waals surface area (Å²) < 4.78 is 56.7. The first kappa shape index (κ1) is 20.2. The number of hydrogen-bond acceptors (Lipinski definition) is 2. The van der Waals surface area contributed by atoms with E-state index in [4.69, 9.17) is 12.6 Å². The maximum Gasteiger partial charge on any atom is 0.216 e. The molecule has 41 heavy (non-hydrogen) atoms. The lowest BCUT2D eigenvalue weighted by atomic mass is 9.86. The molecule has 0 atom stereocenters. The Morgan fingerprint density at radius 2 is 1.44 bits per heavy atom. The van der Waals surface area contributed by atoms with Crippen molar-refractivity contribution in [1.82, 2.24) is 0 Å². The summed E-state index contributed by atoms with van der Waals surface area (Å²) in [5.41, 5.74) is 7.95. The summed E-state index contributed by atoms with van der Waals surface area (Å²) in [6.07, 6.45) is 1.38. The average Bonchev–Trinajstić information content (AvgIpc) is 3.38. The lowest BCUT2D eigenvalue weighted by Gasteiger charge is -2.19. The molecule has 6 aromatic rings. The average molecular weight is 542 g/mol. The molecule has 2 aromatic heterocycles. The summed E-state index contributed by atoms with van der Waals surface area (Å²) in [6.45, 7) is 3.22. The second-order valence-electron chi connectivity index (χ2n) is 11.7. The summed E-state index contributed by atoms with van der Waals surface area (Å²) >= 11 is 0.